The van der Waals surface area contributed by atoms with E-state index in [0.29, 0.717) is 116 Å². The van der Waals surface area contributed by atoms with E-state index in [1.165, 1.54) is 0 Å². The van der Waals surface area contributed by atoms with E-state index in [0.717, 1.165) is 38.5 Å². The number of anilines is 3. The monoisotopic (exact) mass is 784 g/mol. The Labute approximate surface area is 318 Å². The molecule has 0 fully saturated rings. The smallest absolute Gasteiger partial charge is 0.303 e. The van der Waals surface area contributed by atoms with Crippen molar-refractivity contribution in [3.8, 4) is 0 Å². The lowest BCUT2D eigenvalue weighted by Gasteiger charge is -2.11. The minimum atomic E-state index is -0.794. The third kappa shape index (κ3) is 48.5. The molecule has 1 rings (SSSR count). The van der Waals surface area contributed by atoms with Crippen LogP contribution in [0, 0.1) is 0 Å². The zero-order chi connectivity index (χ0) is 40.9. The number of hydrogen-bond donors (Lipinski definition) is 12. The van der Waals surface area contributed by atoms with Gasteiger partial charge in [-0.3, -0.25) is 14.4 Å². The van der Waals surface area contributed by atoms with Gasteiger partial charge in [-0.25, -0.2) is 0 Å². The number of nitrogens with zero attached hydrogens (tertiary/aromatic N) is 3. The van der Waals surface area contributed by atoms with Gasteiger partial charge in [0.05, 0.1) is 59.5 Å². The van der Waals surface area contributed by atoms with Gasteiger partial charge in [0.15, 0.2) is 0 Å². The molecule has 0 aliphatic rings. The van der Waals surface area contributed by atoms with Crippen molar-refractivity contribution in [2.75, 3.05) is 115 Å². The van der Waals surface area contributed by atoms with Gasteiger partial charge in [-0.1, -0.05) is 19.3 Å². The summed E-state index contributed by atoms with van der Waals surface area (Å²) in [6.07, 6.45) is 7.07. The van der Waals surface area contributed by atoms with Gasteiger partial charge in [0.1, 0.15) is 0 Å². The second kappa shape index (κ2) is 45.6. The Morgan fingerprint density at radius 2 is 0.704 bits per heavy atom. The van der Waals surface area contributed by atoms with Crippen molar-refractivity contribution in [3.63, 3.8) is 0 Å². The van der Waals surface area contributed by atoms with Crippen LogP contribution in [0.3, 0.4) is 0 Å². The normalized spacial score (nSPS) is 10.1. The summed E-state index contributed by atoms with van der Waals surface area (Å²) in [6.45, 7) is 6.47. The predicted octanol–water partition coefficient (Wildman–Crippen LogP) is -0.0957. The SMILES string of the molecule is NCCOCCO.NCCOCCO.NCCOCCO.O=C(O)CCCCCNc1nc(NCCCCCC(=O)O)nc(NCCCCCC(=O)O)n1. The molecule has 0 unspecified atom stereocenters. The topological polar surface area (TPSA) is 353 Å². The maximum absolute atomic E-state index is 10.6. The van der Waals surface area contributed by atoms with Crippen LogP contribution in [0.2, 0.25) is 0 Å². The Bertz CT molecular complexity index is 845. The molecule has 0 bridgehead atoms. The number of unbranched alkanes of at least 4 members (excludes halogenated alkanes) is 6. The zero-order valence-electron chi connectivity index (χ0n) is 31.8. The molecule has 0 amide bonds. The molecule has 1 heterocycles. The van der Waals surface area contributed by atoms with Crippen LogP contribution < -0.4 is 33.2 Å². The summed E-state index contributed by atoms with van der Waals surface area (Å²) in [5.41, 5.74) is 15.2. The quantitative estimate of drug-likeness (QED) is 0.0414. The largest absolute Gasteiger partial charge is 0.481 e. The molecule has 0 aliphatic heterocycles. The van der Waals surface area contributed by atoms with E-state index in [-0.39, 0.29) is 39.1 Å². The number of nitrogens with two attached hydrogens (primary N) is 3. The molecule has 0 spiro atoms. The molecule has 21 nitrogen and oxygen atoms in total. The van der Waals surface area contributed by atoms with Crippen molar-refractivity contribution in [2.24, 2.45) is 17.2 Å². The Balaban J connectivity index is -0.000000997. The number of aromatic nitrogens is 3. The molecular weight excluding hydrogens is 714 g/mol. The van der Waals surface area contributed by atoms with E-state index in [1.807, 2.05) is 0 Å². The average Bonchev–Trinajstić information content (AvgIpc) is 3.14. The van der Waals surface area contributed by atoms with E-state index in [9.17, 15) is 14.4 Å². The van der Waals surface area contributed by atoms with Crippen molar-refractivity contribution in [1.29, 1.82) is 0 Å². The van der Waals surface area contributed by atoms with Crippen LogP contribution in [0.1, 0.15) is 77.0 Å². The fourth-order valence-electron chi connectivity index (χ4n) is 3.70. The molecule has 0 atom stereocenters. The summed E-state index contributed by atoms with van der Waals surface area (Å²) in [7, 11) is 0. The first-order chi connectivity index (χ1) is 26.1. The third-order valence-electron chi connectivity index (χ3n) is 6.18. The lowest BCUT2D eigenvalue weighted by Crippen LogP contribution is -2.14. The molecule has 0 radical (unpaired) electrons. The number of nitrogens with one attached hydrogen (secondary N) is 3. The molecule has 0 aliphatic carbocycles. The first-order valence-corrected chi connectivity index (χ1v) is 18.4. The first-order valence-electron chi connectivity index (χ1n) is 18.4. The predicted molar refractivity (Wildman–Crippen MR) is 204 cm³/mol. The maximum Gasteiger partial charge on any atom is 0.303 e. The number of carboxylic acids is 3. The highest BCUT2D eigenvalue weighted by atomic mass is 16.5. The minimum Gasteiger partial charge on any atom is -0.481 e. The molecule has 0 aromatic carbocycles. The summed E-state index contributed by atoms with van der Waals surface area (Å²) in [5.74, 6) is -1.16. The molecular formula is C33H69N9O12. The zero-order valence-corrected chi connectivity index (χ0v) is 31.8. The standard InChI is InChI=1S/C21H36N6O6.3C4H11NO2/c28-16(29)10-4-1-7-13-22-19-25-20(23-14-8-2-5-11-17(30)31)27-21(26-19)24-15-9-3-6-12-18(32)33;3*5-1-3-7-4-2-6/h1-15H2,(H,28,29)(H,30,31)(H,32,33)(H3,22,23,24,25,26,27);3*6H,1-5H2. The first kappa shape index (κ1) is 54.8. The summed E-state index contributed by atoms with van der Waals surface area (Å²) >= 11 is 0. The third-order valence-corrected chi connectivity index (χ3v) is 6.18. The summed E-state index contributed by atoms with van der Waals surface area (Å²) in [5, 5.41) is 59.9. The van der Waals surface area contributed by atoms with Gasteiger partial charge in [-0.15, -0.1) is 0 Å². The molecule has 15 N–H and O–H groups in total. The van der Waals surface area contributed by atoms with Gasteiger partial charge >= 0.3 is 17.9 Å². The molecule has 21 heteroatoms. The molecule has 318 valence electrons. The second-order valence-electron chi connectivity index (χ2n) is 11.1. The fraction of sp³-hybridized carbons (Fsp3) is 0.818. The van der Waals surface area contributed by atoms with Gasteiger partial charge in [0.25, 0.3) is 0 Å². The van der Waals surface area contributed by atoms with Gasteiger partial charge in [-0.2, -0.15) is 15.0 Å². The number of carbonyl (C=O) groups is 3. The number of rotatable bonds is 33. The maximum atomic E-state index is 10.6. The Kier molecular flexibility index (Phi) is 46.3. The van der Waals surface area contributed by atoms with Gasteiger partial charge in [0.2, 0.25) is 17.8 Å². The van der Waals surface area contributed by atoms with Crippen LogP contribution in [-0.4, -0.2) is 162 Å². The second-order valence-corrected chi connectivity index (χ2v) is 11.1. The highest BCUT2D eigenvalue weighted by molar-refractivity contribution is 5.67. The lowest BCUT2D eigenvalue weighted by molar-refractivity contribution is -0.138. The Morgan fingerprint density at radius 3 is 0.907 bits per heavy atom. The van der Waals surface area contributed by atoms with E-state index in [2.05, 4.69) is 30.9 Å². The Hall–Kier alpha value is -3.54. The summed E-state index contributed by atoms with van der Waals surface area (Å²) < 4.78 is 14.3. The molecule has 1 aromatic rings. The van der Waals surface area contributed by atoms with Gasteiger partial charge in [-0.05, 0) is 38.5 Å². The van der Waals surface area contributed by atoms with E-state index >= 15 is 0 Å². The molecule has 1 aromatic heterocycles. The number of ether oxygens (including phenoxy) is 3. The summed E-state index contributed by atoms with van der Waals surface area (Å²) in [4.78, 5) is 44.8. The molecule has 0 saturated heterocycles. The van der Waals surface area contributed by atoms with Gasteiger partial charge in [0, 0.05) is 58.5 Å². The van der Waals surface area contributed by atoms with Crippen molar-refractivity contribution < 1.29 is 59.2 Å². The van der Waals surface area contributed by atoms with Crippen LogP contribution in [0.4, 0.5) is 17.8 Å². The highest BCUT2D eigenvalue weighted by Crippen LogP contribution is 2.11. The van der Waals surface area contributed by atoms with E-state index < -0.39 is 17.9 Å². The highest BCUT2D eigenvalue weighted by Gasteiger charge is 2.07. The number of aliphatic carboxylic acids is 3. The Morgan fingerprint density at radius 1 is 0.444 bits per heavy atom. The molecule has 54 heavy (non-hydrogen) atoms. The van der Waals surface area contributed by atoms with Crippen LogP contribution in [0.5, 0.6) is 0 Å². The minimum absolute atomic E-state index is 0.0833. The fourth-order valence-corrected chi connectivity index (χ4v) is 3.70. The van der Waals surface area contributed by atoms with Crippen LogP contribution >= 0.6 is 0 Å². The van der Waals surface area contributed by atoms with Crippen LogP contribution in [0.25, 0.3) is 0 Å². The van der Waals surface area contributed by atoms with Crippen LogP contribution in [-0.2, 0) is 28.6 Å². The lowest BCUT2D eigenvalue weighted by atomic mass is 10.2. The number of aliphatic hydroxyl groups excluding tert-OH is 3. The van der Waals surface area contributed by atoms with Crippen molar-refractivity contribution in [1.82, 2.24) is 15.0 Å². The number of carboxylic acid groups (broad SMARTS) is 3. The van der Waals surface area contributed by atoms with Crippen molar-refractivity contribution >= 4 is 35.8 Å². The summed E-state index contributed by atoms with van der Waals surface area (Å²) in [6, 6.07) is 0. The average molecular weight is 784 g/mol. The van der Waals surface area contributed by atoms with Crippen LogP contribution in [0.15, 0.2) is 0 Å². The number of hydrogen-bond acceptors (Lipinski definition) is 18. The molecule has 0 saturated carbocycles. The van der Waals surface area contributed by atoms with Gasteiger partial charge < -0.3 is 78.0 Å². The van der Waals surface area contributed by atoms with Crippen molar-refractivity contribution in [3.05, 3.63) is 0 Å². The van der Waals surface area contributed by atoms with Crippen molar-refractivity contribution in [2.45, 2.75) is 77.0 Å². The van der Waals surface area contributed by atoms with E-state index in [4.69, 9.17) is 62.1 Å². The van der Waals surface area contributed by atoms with E-state index in [1.54, 1.807) is 0 Å². The number of aliphatic hydroxyl groups is 3.